The number of pyridine rings is 1. The molecule has 2 aliphatic rings. The van der Waals surface area contributed by atoms with E-state index in [-0.39, 0.29) is 17.8 Å². The molecule has 0 bridgehead atoms. The predicted molar refractivity (Wildman–Crippen MR) is 142 cm³/mol. The number of hydrogen-bond acceptors (Lipinski definition) is 8. The summed E-state index contributed by atoms with van der Waals surface area (Å²) in [5.74, 6) is 1.67. The normalized spacial score (nSPS) is 15.6. The van der Waals surface area contributed by atoms with Crippen molar-refractivity contribution in [1.82, 2.24) is 24.8 Å². The number of hydrazone groups is 1. The first-order valence-corrected chi connectivity index (χ1v) is 12.5. The number of anilines is 2. The highest BCUT2D eigenvalue weighted by molar-refractivity contribution is 6.19. The van der Waals surface area contributed by atoms with Gasteiger partial charge >= 0.3 is 6.18 Å². The van der Waals surface area contributed by atoms with Crippen LogP contribution in [0.15, 0.2) is 72.9 Å². The zero-order chi connectivity index (χ0) is 27.9. The Balaban J connectivity index is 1.21. The van der Waals surface area contributed by atoms with Gasteiger partial charge in [-0.25, -0.2) is 20.0 Å². The summed E-state index contributed by atoms with van der Waals surface area (Å²) in [4.78, 5) is 29.6. The maximum Gasteiger partial charge on any atom is 0.417 e. The SMILES string of the molecule is C=CC(=O)N1CCC(N2N=C(Nc3ccc(Oc4ccc(C(F)(F)F)cn4)cc3)c3c[nH]c4ncnc2c34)CC1. The Morgan fingerprint density at radius 1 is 1.10 bits per heavy atom. The number of aromatic nitrogens is 4. The maximum absolute atomic E-state index is 12.8. The van der Waals surface area contributed by atoms with Crippen molar-refractivity contribution in [2.45, 2.75) is 25.1 Å². The van der Waals surface area contributed by atoms with E-state index in [9.17, 15) is 18.0 Å². The van der Waals surface area contributed by atoms with Crippen molar-refractivity contribution in [1.29, 1.82) is 0 Å². The van der Waals surface area contributed by atoms with Crippen LogP contribution in [0.2, 0.25) is 0 Å². The van der Waals surface area contributed by atoms with Crippen LogP contribution in [0, 0.1) is 0 Å². The number of amidine groups is 1. The average molecular weight is 549 g/mol. The minimum Gasteiger partial charge on any atom is -0.439 e. The van der Waals surface area contributed by atoms with Crippen molar-refractivity contribution < 1.29 is 22.7 Å². The molecular formula is C27H23F3N8O2. The van der Waals surface area contributed by atoms with Gasteiger partial charge in [0, 0.05) is 42.8 Å². The van der Waals surface area contributed by atoms with Crippen LogP contribution in [0.5, 0.6) is 11.6 Å². The second-order valence-corrected chi connectivity index (χ2v) is 9.31. The lowest BCUT2D eigenvalue weighted by Gasteiger charge is -2.37. The standard InChI is InChI=1S/C27H23F3N8O2/c1-2-22(39)37-11-9-18(10-12-37)38-26-23-20(14-32-25(23)33-15-34-26)24(36-38)35-17-4-6-19(7-5-17)40-21-8-3-16(13-31-21)27(28,29)30/h2-8,13-15,18H,1,9-12H2,(H,35,36)(H,32,33,34). The van der Waals surface area contributed by atoms with Gasteiger partial charge < -0.3 is 19.9 Å². The first kappa shape index (κ1) is 25.3. The molecule has 0 radical (unpaired) electrons. The summed E-state index contributed by atoms with van der Waals surface area (Å²) >= 11 is 0. The van der Waals surface area contributed by atoms with Crippen molar-refractivity contribution in [3.63, 3.8) is 0 Å². The number of nitrogens with zero attached hydrogens (tertiary/aromatic N) is 6. The summed E-state index contributed by atoms with van der Waals surface area (Å²) in [6.07, 6.45) is 2.36. The number of H-pyrrole nitrogens is 1. The summed E-state index contributed by atoms with van der Waals surface area (Å²) in [7, 11) is 0. The van der Waals surface area contributed by atoms with E-state index in [4.69, 9.17) is 9.84 Å². The third-order valence-corrected chi connectivity index (χ3v) is 6.83. The third-order valence-electron chi connectivity index (χ3n) is 6.83. The smallest absolute Gasteiger partial charge is 0.417 e. The van der Waals surface area contributed by atoms with Crippen molar-refractivity contribution in [3.8, 4) is 11.6 Å². The molecule has 0 spiro atoms. The molecule has 2 N–H and O–H groups in total. The molecule has 1 aromatic carbocycles. The molecule has 204 valence electrons. The van der Waals surface area contributed by atoms with E-state index in [1.165, 1.54) is 18.5 Å². The largest absolute Gasteiger partial charge is 0.439 e. The molecule has 6 rings (SSSR count). The number of halogens is 3. The molecule has 2 aliphatic heterocycles. The van der Waals surface area contributed by atoms with Crippen LogP contribution in [-0.4, -0.2) is 55.7 Å². The average Bonchev–Trinajstić information content (AvgIpc) is 3.41. The van der Waals surface area contributed by atoms with Gasteiger partial charge in [0.15, 0.2) is 11.7 Å². The summed E-state index contributed by atoms with van der Waals surface area (Å²) in [5.41, 5.74) is 1.37. The van der Waals surface area contributed by atoms with Gasteiger partial charge in [0.25, 0.3) is 0 Å². The zero-order valence-corrected chi connectivity index (χ0v) is 21.0. The highest BCUT2D eigenvalue weighted by Crippen LogP contribution is 2.35. The number of benzene rings is 1. The van der Waals surface area contributed by atoms with E-state index in [2.05, 4.69) is 31.8 Å². The van der Waals surface area contributed by atoms with Gasteiger partial charge in [-0.1, -0.05) is 6.58 Å². The lowest BCUT2D eigenvalue weighted by Crippen LogP contribution is -2.46. The zero-order valence-electron chi connectivity index (χ0n) is 21.0. The Morgan fingerprint density at radius 2 is 1.88 bits per heavy atom. The molecule has 4 aromatic rings. The number of rotatable bonds is 5. The lowest BCUT2D eigenvalue weighted by atomic mass is 10.0. The molecule has 1 amide bonds. The summed E-state index contributed by atoms with van der Waals surface area (Å²) in [5, 5.41) is 11.0. The fourth-order valence-corrected chi connectivity index (χ4v) is 4.79. The second-order valence-electron chi connectivity index (χ2n) is 9.31. The molecule has 0 atom stereocenters. The number of hydrogen-bond donors (Lipinski definition) is 2. The van der Waals surface area contributed by atoms with Crippen molar-refractivity contribution in [2.75, 3.05) is 23.4 Å². The molecule has 0 saturated carbocycles. The number of alkyl halides is 3. The molecule has 1 saturated heterocycles. The Bertz CT molecular complexity index is 1590. The van der Waals surface area contributed by atoms with Crippen LogP contribution in [0.4, 0.5) is 24.7 Å². The van der Waals surface area contributed by atoms with Crippen LogP contribution in [0.3, 0.4) is 0 Å². The molecule has 1 fully saturated rings. The van der Waals surface area contributed by atoms with E-state index < -0.39 is 11.7 Å². The summed E-state index contributed by atoms with van der Waals surface area (Å²) in [6, 6.07) is 9.02. The van der Waals surface area contributed by atoms with E-state index in [1.54, 1.807) is 29.2 Å². The van der Waals surface area contributed by atoms with Gasteiger partial charge in [-0.2, -0.15) is 18.3 Å². The first-order valence-electron chi connectivity index (χ1n) is 12.5. The van der Waals surface area contributed by atoms with E-state index in [1.807, 2.05) is 11.2 Å². The molecule has 0 aliphatic carbocycles. The van der Waals surface area contributed by atoms with E-state index >= 15 is 0 Å². The Hall–Kier alpha value is -4.94. The Kier molecular flexibility index (Phi) is 6.33. The fourth-order valence-electron chi connectivity index (χ4n) is 4.79. The molecule has 13 heteroatoms. The van der Waals surface area contributed by atoms with Gasteiger partial charge in [-0.05, 0) is 49.2 Å². The topological polar surface area (TPSA) is 112 Å². The van der Waals surface area contributed by atoms with Gasteiger partial charge in [0.05, 0.1) is 17.0 Å². The molecule has 10 nitrogen and oxygen atoms in total. The fraction of sp³-hybridized carbons (Fsp3) is 0.222. The van der Waals surface area contributed by atoms with Gasteiger partial charge in [-0.3, -0.25) is 4.79 Å². The highest BCUT2D eigenvalue weighted by atomic mass is 19.4. The van der Waals surface area contributed by atoms with Gasteiger partial charge in [0.1, 0.15) is 17.7 Å². The van der Waals surface area contributed by atoms with Gasteiger partial charge in [-0.15, -0.1) is 0 Å². The molecular weight excluding hydrogens is 525 g/mol. The number of nitrogens with one attached hydrogen (secondary N) is 2. The predicted octanol–water partition coefficient (Wildman–Crippen LogP) is 4.93. The van der Waals surface area contributed by atoms with Crippen LogP contribution in [0.25, 0.3) is 11.0 Å². The number of piperidine rings is 1. The van der Waals surface area contributed by atoms with Crippen LogP contribution in [0.1, 0.15) is 24.0 Å². The number of carbonyl (C=O) groups excluding carboxylic acids is 1. The minimum atomic E-state index is -4.46. The van der Waals surface area contributed by atoms with Crippen molar-refractivity contribution in [2.24, 2.45) is 5.10 Å². The van der Waals surface area contributed by atoms with Crippen LogP contribution >= 0.6 is 0 Å². The summed E-state index contributed by atoms with van der Waals surface area (Å²) in [6.45, 7) is 4.76. The third kappa shape index (κ3) is 4.81. The van der Waals surface area contributed by atoms with E-state index in [0.29, 0.717) is 54.7 Å². The quantitative estimate of drug-likeness (QED) is 0.340. The maximum atomic E-state index is 12.8. The van der Waals surface area contributed by atoms with Gasteiger partial charge in [0.2, 0.25) is 11.8 Å². The number of aromatic amines is 1. The lowest BCUT2D eigenvalue weighted by molar-refractivity contribution is -0.137. The summed E-state index contributed by atoms with van der Waals surface area (Å²) < 4.78 is 43.9. The van der Waals surface area contributed by atoms with Crippen molar-refractivity contribution in [3.05, 3.63) is 78.9 Å². The first-order chi connectivity index (χ1) is 19.3. The van der Waals surface area contributed by atoms with Crippen LogP contribution < -0.4 is 15.1 Å². The number of likely N-dealkylation sites (tertiary alicyclic amines) is 1. The highest BCUT2D eigenvalue weighted by Gasteiger charge is 2.33. The molecule has 3 aromatic heterocycles. The Labute approximate surface area is 226 Å². The second kappa shape index (κ2) is 9.98. The number of ether oxygens (including phenoxy) is 1. The minimum absolute atomic E-state index is 0.0267. The monoisotopic (exact) mass is 548 g/mol. The number of amides is 1. The number of carbonyl (C=O) groups is 1. The molecule has 40 heavy (non-hydrogen) atoms. The molecule has 5 heterocycles. The molecule has 0 unspecified atom stereocenters. The Morgan fingerprint density at radius 3 is 2.55 bits per heavy atom. The van der Waals surface area contributed by atoms with E-state index in [0.717, 1.165) is 23.2 Å². The van der Waals surface area contributed by atoms with Crippen LogP contribution in [-0.2, 0) is 11.0 Å². The van der Waals surface area contributed by atoms with Crippen molar-refractivity contribution >= 4 is 34.3 Å².